The number of rotatable bonds is 5. The molecule has 7 atom stereocenters. The summed E-state index contributed by atoms with van der Waals surface area (Å²) >= 11 is 0. The van der Waals surface area contributed by atoms with E-state index in [9.17, 15) is 5.11 Å². The second-order valence-electron chi connectivity index (χ2n) is 9.91. The van der Waals surface area contributed by atoms with E-state index in [-0.39, 0.29) is 0 Å². The highest BCUT2D eigenvalue weighted by atomic mass is 16.2. The molecule has 1 heteroatoms. The van der Waals surface area contributed by atoms with Gasteiger partial charge in [-0.15, -0.1) is 0 Å². The van der Waals surface area contributed by atoms with E-state index in [1.807, 2.05) is 0 Å². The zero-order chi connectivity index (χ0) is 17.5. The van der Waals surface area contributed by atoms with Crippen molar-refractivity contribution in [1.82, 2.24) is 0 Å². The minimum absolute atomic E-state index is 0.363. The number of allylic oxidation sites excluding steroid dienone is 1. The Balaban J connectivity index is 1.87. The molecule has 138 valence electrons. The molecule has 24 heavy (non-hydrogen) atoms. The first-order valence-corrected chi connectivity index (χ1v) is 10.6. The Hall–Kier alpha value is -0.300. The fourth-order valence-electron chi connectivity index (χ4n) is 7.86. The quantitative estimate of drug-likeness (QED) is 0.592. The van der Waals surface area contributed by atoms with Crippen LogP contribution in [0.25, 0.3) is 0 Å². The van der Waals surface area contributed by atoms with E-state index in [0.717, 1.165) is 36.0 Å². The van der Waals surface area contributed by atoms with Crippen molar-refractivity contribution in [2.24, 2.45) is 40.4 Å². The molecule has 1 N–H and O–H groups in total. The van der Waals surface area contributed by atoms with Crippen LogP contribution >= 0.6 is 0 Å². The molecule has 0 bridgehead atoms. The van der Waals surface area contributed by atoms with Crippen molar-refractivity contribution in [3.05, 3.63) is 12.2 Å². The third kappa shape index (κ3) is 2.70. The van der Waals surface area contributed by atoms with E-state index in [1.54, 1.807) is 0 Å². The van der Waals surface area contributed by atoms with Crippen molar-refractivity contribution in [3.63, 3.8) is 0 Å². The van der Waals surface area contributed by atoms with Crippen LogP contribution < -0.4 is 0 Å². The van der Waals surface area contributed by atoms with Gasteiger partial charge in [0.05, 0.1) is 0 Å². The molecule has 0 amide bonds. The molecule has 3 aliphatic carbocycles. The number of hydrogen-bond acceptors (Lipinski definition) is 1. The molecule has 3 aliphatic rings. The molecule has 3 saturated carbocycles. The van der Waals surface area contributed by atoms with Gasteiger partial charge in [0, 0.05) is 6.61 Å². The lowest BCUT2D eigenvalue weighted by atomic mass is 9.46. The molecule has 3 fully saturated rings. The van der Waals surface area contributed by atoms with Crippen molar-refractivity contribution in [1.29, 1.82) is 0 Å². The van der Waals surface area contributed by atoms with Gasteiger partial charge in [0.25, 0.3) is 0 Å². The Labute approximate surface area is 150 Å². The second-order valence-corrected chi connectivity index (χ2v) is 9.91. The van der Waals surface area contributed by atoms with Gasteiger partial charge in [0.2, 0.25) is 0 Å². The maximum absolute atomic E-state index is 9.44. The molecule has 3 rings (SSSR count). The van der Waals surface area contributed by atoms with Crippen molar-refractivity contribution < 1.29 is 5.11 Å². The van der Waals surface area contributed by atoms with E-state index in [0.29, 0.717) is 17.4 Å². The third-order valence-electron chi connectivity index (χ3n) is 9.03. The lowest BCUT2D eigenvalue weighted by molar-refractivity contribution is -0.0989. The molecule has 0 aromatic rings. The van der Waals surface area contributed by atoms with Gasteiger partial charge in [-0.25, -0.2) is 0 Å². The Bertz CT molecular complexity index is 469. The predicted octanol–water partition coefficient (Wildman–Crippen LogP) is 6.22. The molecule has 0 heterocycles. The first-order valence-electron chi connectivity index (χ1n) is 10.6. The van der Waals surface area contributed by atoms with Crippen LogP contribution in [-0.2, 0) is 0 Å². The van der Waals surface area contributed by atoms with Crippen molar-refractivity contribution in [2.75, 3.05) is 6.61 Å². The highest BCUT2D eigenvalue weighted by Gasteiger charge is 2.58. The molecule has 1 nitrogen and oxygen atoms in total. The average molecular weight is 333 g/mol. The van der Waals surface area contributed by atoms with Gasteiger partial charge in [-0.1, -0.05) is 39.3 Å². The van der Waals surface area contributed by atoms with Crippen LogP contribution in [0.3, 0.4) is 0 Å². The van der Waals surface area contributed by atoms with Gasteiger partial charge in [0.15, 0.2) is 0 Å². The monoisotopic (exact) mass is 332 g/mol. The van der Waals surface area contributed by atoms with Gasteiger partial charge in [-0.3, -0.25) is 0 Å². The van der Waals surface area contributed by atoms with Crippen LogP contribution in [0.1, 0.15) is 85.5 Å². The summed E-state index contributed by atoms with van der Waals surface area (Å²) in [5.41, 5.74) is 2.41. The van der Waals surface area contributed by atoms with Crippen LogP contribution in [0.5, 0.6) is 0 Å². The third-order valence-corrected chi connectivity index (χ3v) is 9.03. The summed E-state index contributed by atoms with van der Waals surface area (Å²) in [6.45, 7) is 14.5. The molecule has 0 aliphatic heterocycles. The number of aliphatic hydroxyl groups excluding tert-OH is 1. The zero-order valence-corrected chi connectivity index (χ0v) is 16.6. The van der Waals surface area contributed by atoms with E-state index >= 15 is 0 Å². The van der Waals surface area contributed by atoms with E-state index in [2.05, 4.69) is 34.3 Å². The van der Waals surface area contributed by atoms with E-state index < -0.39 is 0 Å². The first-order chi connectivity index (χ1) is 11.4. The van der Waals surface area contributed by atoms with Crippen LogP contribution in [0.4, 0.5) is 0 Å². The highest BCUT2D eigenvalue weighted by molar-refractivity contribution is 5.14. The van der Waals surface area contributed by atoms with Crippen LogP contribution in [0.2, 0.25) is 0 Å². The smallest absolute Gasteiger partial charge is 0.0431 e. The summed E-state index contributed by atoms with van der Waals surface area (Å²) in [4.78, 5) is 0. The molecular weight excluding hydrogens is 292 g/mol. The van der Waals surface area contributed by atoms with Crippen LogP contribution in [0.15, 0.2) is 12.2 Å². The zero-order valence-electron chi connectivity index (χ0n) is 16.6. The fourth-order valence-corrected chi connectivity index (χ4v) is 7.86. The maximum Gasteiger partial charge on any atom is 0.0431 e. The second kappa shape index (κ2) is 6.78. The van der Waals surface area contributed by atoms with E-state index in [4.69, 9.17) is 0 Å². The SMILES string of the molecule is C=C(C)C1CCC2C3CCC(CC)C(C)(CCCO)C3CCC12C. The Morgan fingerprint density at radius 2 is 1.83 bits per heavy atom. The lowest BCUT2D eigenvalue weighted by Gasteiger charge is -2.59. The minimum Gasteiger partial charge on any atom is -0.396 e. The normalized spacial score (nSPS) is 48.0. The minimum atomic E-state index is 0.363. The topological polar surface area (TPSA) is 20.2 Å². The summed E-state index contributed by atoms with van der Waals surface area (Å²) in [7, 11) is 0. The summed E-state index contributed by atoms with van der Waals surface area (Å²) in [6, 6.07) is 0. The van der Waals surface area contributed by atoms with Gasteiger partial charge >= 0.3 is 0 Å². The highest BCUT2D eigenvalue weighted by Crippen LogP contribution is 2.67. The lowest BCUT2D eigenvalue weighted by Crippen LogP contribution is -2.51. The average Bonchev–Trinajstić information content (AvgIpc) is 2.91. The van der Waals surface area contributed by atoms with Crippen molar-refractivity contribution in [2.45, 2.75) is 85.5 Å². The van der Waals surface area contributed by atoms with Gasteiger partial charge < -0.3 is 5.11 Å². The molecule has 0 radical (unpaired) electrons. The molecular formula is C23H40O. The molecule has 0 spiro atoms. The van der Waals surface area contributed by atoms with Gasteiger partial charge in [-0.2, -0.15) is 0 Å². The maximum atomic E-state index is 9.44. The Morgan fingerprint density at radius 1 is 1.08 bits per heavy atom. The number of fused-ring (bicyclic) bond motifs is 3. The Kier molecular flexibility index (Phi) is 5.23. The fraction of sp³-hybridized carbons (Fsp3) is 0.913. The molecule has 0 aromatic heterocycles. The summed E-state index contributed by atoms with van der Waals surface area (Å²) in [5.74, 6) is 4.37. The number of aliphatic hydroxyl groups is 1. The largest absolute Gasteiger partial charge is 0.396 e. The molecule has 0 saturated heterocycles. The van der Waals surface area contributed by atoms with Crippen molar-refractivity contribution >= 4 is 0 Å². The van der Waals surface area contributed by atoms with Gasteiger partial charge in [-0.05, 0) is 98.7 Å². The number of hydrogen-bond donors (Lipinski definition) is 1. The van der Waals surface area contributed by atoms with Crippen LogP contribution in [0, 0.1) is 40.4 Å². The first kappa shape index (κ1) is 18.5. The molecule has 7 unspecified atom stereocenters. The Morgan fingerprint density at radius 3 is 2.46 bits per heavy atom. The summed E-state index contributed by atoms with van der Waals surface area (Å²) in [6.07, 6.45) is 12.1. The molecule has 0 aromatic carbocycles. The van der Waals surface area contributed by atoms with Crippen molar-refractivity contribution in [3.8, 4) is 0 Å². The van der Waals surface area contributed by atoms with E-state index in [1.165, 1.54) is 56.9 Å². The van der Waals surface area contributed by atoms with Gasteiger partial charge in [0.1, 0.15) is 0 Å². The van der Waals surface area contributed by atoms with Crippen LogP contribution in [-0.4, -0.2) is 11.7 Å². The predicted molar refractivity (Wildman–Crippen MR) is 103 cm³/mol. The summed E-state index contributed by atoms with van der Waals surface area (Å²) in [5, 5.41) is 9.44. The standard InChI is InChI=1S/C23H40O/c1-6-17-8-9-18-20-11-10-19(16(2)3)23(20,5)14-12-21(18)22(17,4)13-7-15-24/h17-21,24H,2,6-15H2,1,3-5H3. The summed E-state index contributed by atoms with van der Waals surface area (Å²) < 4.78 is 0.